The number of carbonyl (C=O) groups is 2. The van der Waals surface area contributed by atoms with Crippen molar-refractivity contribution in [2.45, 2.75) is 65.4 Å². The minimum Gasteiger partial charge on any atom is -0.444 e. The zero-order chi connectivity index (χ0) is 24.4. The number of anilines is 2. The summed E-state index contributed by atoms with van der Waals surface area (Å²) in [5, 5.41) is 17.1. The fourth-order valence-corrected chi connectivity index (χ4v) is 2.94. The number of hydrogen-bond donors (Lipinski definition) is 3. The van der Waals surface area contributed by atoms with Crippen molar-refractivity contribution in [2.24, 2.45) is 0 Å². The smallest absolute Gasteiger partial charge is 0.407 e. The summed E-state index contributed by atoms with van der Waals surface area (Å²) in [6, 6.07) is 6.75. The number of halogens is 1. The van der Waals surface area contributed by atoms with Gasteiger partial charge in [0.05, 0.1) is 11.3 Å². The molecule has 10 heteroatoms. The van der Waals surface area contributed by atoms with Crippen LogP contribution in [0.25, 0.3) is 0 Å². The fourth-order valence-electron chi connectivity index (χ4n) is 2.79. The second-order valence-electron chi connectivity index (χ2n) is 8.90. The summed E-state index contributed by atoms with van der Waals surface area (Å²) in [6.07, 6.45) is 2.10. The van der Waals surface area contributed by atoms with Crippen molar-refractivity contribution >= 4 is 35.2 Å². The molecule has 0 spiro atoms. The summed E-state index contributed by atoms with van der Waals surface area (Å²) >= 11 is 6.03. The molecular weight excluding hydrogens is 444 g/mol. The van der Waals surface area contributed by atoms with E-state index in [4.69, 9.17) is 16.3 Å². The summed E-state index contributed by atoms with van der Waals surface area (Å²) in [5.41, 5.74) is 0.706. The van der Waals surface area contributed by atoms with Crippen LogP contribution in [-0.2, 0) is 4.74 Å². The highest BCUT2D eigenvalue weighted by atomic mass is 35.5. The zero-order valence-corrected chi connectivity index (χ0v) is 20.6. The number of alkyl carbamates (subject to hydrolysis) is 1. The first kappa shape index (κ1) is 26.3. The van der Waals surface area contributed by atoms with Gasteiger partial charge in [0.2, 0.25) is 0 Å². The average Bonchev–Trinajstić information content (AvgIpc) is 2.72. The van der Waals surface area contributed by atoms with Gasteiger partial charge >= 0.3 is 6.09 Å². The number of carbonyl (C=O) groups excluding carboxylic acids is 2. The monoisotopic (exact) mass is 476 g/mol. The molecule has 0 aliphatic carbocycles. The maximum Gasteiger partial charge on any atom is 0.407 e. The van der Waals surface area contributed by atoms with E-state index in [9.17, 15) is 9.59 Å². The molecule has 3 N–H and O–H groups in total. The molecule has 0 aliphatic heterocycles. The average molecular weight is 477 g/mol. The van der Waals surface area contributed by atoms with Crippen LogP contribution < -0.4 is 16.0 Å². The zero-order valence-electron chi connectivity index (χ0n) is 19.9. The number of nitrogens with zero attached hydrogens (tertiary/aromatic N) is 3. The van der Waals surface area contributed by atoms with Crippen LogP contribution in [0, 0.1) is 0 Å². The van der Waals surface area contributed by atoms with Gasteiger partial charge in [-0.15, -0.1) is 5.10 Å². The van der Waals surface area contributed by atoms with E-state index >= 15 is 0 Å². The van der Waals surface area contributed by atoms with E-state index in [0.717, 1.165) is 25.0 Å². The van der Waals surface area contributed by atoms with E-state index in [1.807, 2.05) is 40.7 Å². The van der Waals surface area contributed by atoms with E-state index in [-0.39, 0.29) is 17.0 Å². The molecule has 0 fully saturated rings. The van der Waals surface area contributed by atoms with Crippen LogP contribution in [0.4, 0.5) is 16.4 Å². The lowest BCUT2D eigenvalue weighted by molar-refractivity contribution is 0.0527. The van der Waals surface area contributed by atoms with Crippen LogP contribution in [0.1, 0.15) is 75.9 Å². The largest absolute Gasteiger partial charge is 0.444 e. The summed E-state index contributed by atoms with van der Waals surface area (Å²) in [4.78, 5) is 28.6. The lowest BCUT2D eigenvalue weighted by Crippen LogP contribution is -2.33. The summed E-state index contributed by atoms with van der Waals surface area (Å²) in [5.74, 6) is 0.669. The highest BCUT2D eigenvalue weighted by Gasteiger charge is 2.16. The van der Waals surface area contributed by atoms with Crippen LogP contribution >= 0.6 is 11.6 Å². The summed E-state index contributed by atoms with van der Waals surface area (Å²) in [6.45, 7) is 10.7. The van der Waals surface area contributed by atoms with E-state index < -0.39 is 11.7 Å². The Hall–Kier alpha value is -2.94. The van der Waals surface area contributed by atoms with Gasteiger partial charge in [0.15, 0.2) is 5.82 Å². The van der Waals surface area contributed by atoms with Gasteiger partial charge in [0.1, 0.15) is 16.6 Å². The second-order valence-corrected chi connectivity index (χ2v) is 9.29. The van der Waals surface area contributed by atoms with Crippen molar-refractivity contribution in [1.82, 2.24) is 20.5 Å². The molecule has 180 valence electrons. The van der Waals surface area contributed by atoms with Gasteiger partial charge in [-0.05, 0) is 70.2 Å². The normalized spacial score (nSPS) is 11.2. The molecule has 0 saturated heterocycles. The highest BCUT2D eigenvalue weighted by molar-refractivity contribution is 6.29. The number of amides is 2. The van der Waals surface area contributed by atoms with E-state index in [1.165, 1.54) is 0 Å². The van der Waals surface area contributed by atoms with Crippen molar-refractivity contribution in [3.8, 4) is 0 Å². The van der Waals surface area contributed by atoms with E-state index in [2.05, 4.69) is 31.1 Å². The van der Waals surface area contributed by atoms with Crippen LogP contribution in [0.2, 0.25) is 5.15 Å². The van der Waals surface area contributed by atoms with Gasteiger partial charge in [-0.1, -0.05) is 25.4 Å². The number of ether oxygens (including phenoxy) is 1. The number of rotatable bonds is 10. The first-order valence-corrected chi connectivity index (χ1v) is 11.4. The second kappa shape index (κ2) is 12.3. The van der Waals surface area contributed by atoms with Crippen molar-refractivity contribution in [3.63, 3.8) is 0 Å². The Bertz CT molecular complexity index is 929. The third kappa shape index (κ3) is 9.61. The highest BCUT2D eigenvalue weighted by Crippen LogP contribution is 2.19. The standard InChI is InChI=1S/C23H33ClN6O3/c1-15(2)17-10-12-19(30-29-17)28-21(31)16-9-11-18(24)27-20(16)25-13-7-6-8-14-26-22(32)33-23(3,4)5/h9-12,15H,6-8,13-14H2,1-5H3,(H,25,27)(H,26,32)(H,28,30,31). The van der Waals surface area contributed by atoms with Crippen molar-refractivity contribution < 1.29 is 14.3 Å². The molecule has 0 radical (unpaired) electrons. The number of hydrogen-bond acceptors (Lipinski definition) is 7. The quantitative estimate of drug-likeness (QED) is 0.326. The molecule has 2 aromatic rings. The van der Waals surface area contributed by atoms with Crippen LogP contribution in [0.15, 0.2) is 24.3 Å². The van der Waals surface area contributed by atoms with Gasteiger partial charge in [-0.3, -0.25) is 4.79 Å². The van der Waals surface area contributed by atoms with Crippen LogP contribution in [-0.4, -0.2) is 45.9 Å². The Morgan fingerprint density at radius 2 is 1.76 bits per heavy atom. The SMILES string of the molecule is CC(C)c1ccc(NC(=O)c2ccc(Cl)nc2NCCCCCNC(=O)OC(C)(C)C)nn1. The number of unbranched alkanes of at least 4 members (excludes halogenated alkanes) is 2. The minimum atomic E-state index is -0.508. The van der Waals surface area contributed by atoms with Gasteiger partial charge < -0.3 is 20.7 Å². The Morgan fingerprint density at radius 3 is 2.39 bits per heavy atom. The number of nitrogens with one attached hydrogen (secondary N) is 3. The maximum atomic E-state index is 12.7. The molecular formula is C23H33ClN6O3. The van der Waals surface area contributed by atoms with Crippen molar-refractivity contribution in [1.29, 1.82) is 0 Å². The Labute approximate surface area is 200 Å². The lowest BCUT2D eigenvalue weighted by Gasteiger charge is -2.19. The minimum absolute atomic E-state index is 0.256. The molecule has 0 bridgehead atoms. The predicted octanol–water partition coefficient (Wildman–Crippen LogP) is 5.01. The summed E-state index contributed by atoms with van der Waals surface area (Å²) in [7, 11) is 0. The maximum absolute atomic E-state index is 12.7. The molecule has 0 saturated carbocycles. The molecule has 33 heavy (non-hydrogen) atoms. The molecule has 9 nitrogen and oxygen atoms in total. The van der Waals surface area contributed by atoms with Gasteiger partial charge in [0, 0.05) is 13.1 Å². The van der Waals surface area contributed by atoms with Crippen LogP contribution in [0.5, 0.6) is 0 Å². The van der Waals surface area contributed by atoms with Gasteiger partial charge in [0.25, 0.3) is 5.91 Å². The molecule has 2 amide bonds. The molecule has 2 heterocycles. The Morgan fingerprint density at radius 1 is 1.03 bits per heavy atom. The molecule has 0 aromatic carbocycles. The Balaban J connectivity index is 1.82. The molecule has 0 aliphatic rings. The van der Waals surface area contributed by atoms with Gasteiger partial charge in [-0.25, -0.2) is 9.78 Å². The van der Waals surface area contributed by atoms with Crippen LogP contribution in [0.3, 0.4) is 0 Å². The molecule has 2 aromatic heterocycles. The number of pyridine rings is 1. The first-order chi connectivity index (χ1) is 15.5. The molecule has 0 unspecified atom stereocenters. The molecule has 2 rings (SSSR count). The summed E-state index contributed by atoms with van der Waals surface area (Å²) < 4.78 is 5.20. The lowest BCUT2D eigenvalue weighted by atomic mass is 10.1. The molecule has 0 atom stereocenters. The van der Waals surface area contributed by atoms with Gasteiger partial charge in [-0.2, -0.15) is 5.10 Å². The third-order valence-electron chi connectivity index (χ3n) is 4.44. The topological polar surface area (TPSA) is 118 Å². The van der Waals surface area contributed by atoms with Crippen molar-refractivity contribution in [2.75, 3.05) is 23.7 Å². The first-order valence-electron chi connectivity index (χ1n) is 11.1. The third-order valence-corrected chi connectivity index (χ3v) is 4.65. The number of aromatic nitrogens is 3. The fraction of sp³-hybridized carbons (Fsp3) is 0.522. The predicted molar refractivity (Wildman–Crippen MR) is 130 cm³/mol. The van der Waals surface area contributed by atoms with E-state index in [1.54, 1.807) is 18.2 Å². The Kier molecular flexibility index (Phi) is 9.84. The van der Waals surface area contributed by atoms with Crippen molar-refractivity contribution in [3.05, 3.63) is 40.7 Å². The van der Waals surface area contributed by atoms with E-state index in [0.29, 0.717) is 30.3 Å².